The molecule has 0 aromatic heterocycles. The SMILES string of the molecule is Cc1ccc([C@H](C)NC2CCC(C)c3ccccc32)cc1. The summed E-state index contributed by atoms with van der Waals surface area (Å²) in [5.41, 5.74) is 5.71. The second-order valence-electron chi connectivity index (χ2n) is 6.46. The molecule has 0 radical (unpaired) electrons. The molecule has 1 nitrogen and oxygen atoms in total. The smallest absolute Gasteiger partial charge is 0.0328 e. The van der Waals surface area contributed by atoms with Gasteiger partial charge in [-0.05, 0) is 49.3 Å². The molecule has 0 amide bonds. The van der Waals surface area contributed by atoms with E-state index in [-0.39, 0.29) is 0 Å². The van der Waals surface area contributed by atoms with Gasteiger partial charge in [0.1, 0.15) is 0 Å². The molecule has 3 rings (SSSR count). The van der Waals surface area contributed by atoms with E-state index in [1.165, 1.54) is 35.1 Å². The summed E-state index contributed by atoms with van der Waals surface area (Å²) in [5.74, 6) is 0.689. The van der Waals surface area contributed by atoms with Crippen molar-refractivity contribution in [2.75, 3.05) is 0 Å². The van der Waals surface area contributed by atoms with E-state index in [2.05, 4.69) is 74.6 Å². The van der Waals surface area contributed by atoms with Crippen molar-refractivity contribution in [1.29, 1.82) is 0 Å². The van der Waals surface area contributed by atoms with Gasteiger partial charge in [-0.2, -0.15) is 0 Å². The first-order valence-electron chi connectivity index (χ1n) is 8.06. The summed E-state index contributed by atoms with van der Waals surface area (Å²) < 4.78 is 0. The predicted molar refractivity (Wildman–Crippen MR) is 89.6 cm³/mol. The van der Waals surface area contributed by atoms with E-state index >= 15 is 0 Å². The highest BCUT2D eigenvalue weighted by molar-refractivity contribution is 5.35. The molecular formula is C20H25N. The Balaban J connectivity index is 1.79. The normalized spacial score (nSPS) is 22.6. The van der Waals surface area contributed by atoms with E-state index < -0.39 is 0 Å². The molecule has 0 bridgehead atoms. The number of rotatable bonds is 3. The summed E-state index contributed by atoms with van der Waals surface area (Å²) in [6, 6.07) is 18.7. The minimum absolute atomic E-state index is 0.386. The van der Waals surface area contributed by atoms with Crippen LogP contribution in [0.15, 0.2) is 48.5 Å². The van der Waals surface area contributed by atoms with Crippen LogP contribution in [0.2, 0.25) is 0 Å². The Morgan fingerprint density at radius 3 is 2.33 bits per heavy atom. The largest absolute Gasteiger partial charge is 0.303 e. The van der Waals surface area contributed by atoms with E-state index in [0.29, 0.717) is 18.0 Å². The maximum Gasteiger partial charge on any atom is 0.0328 e. The van der Waals surface area contributed by atoms with Crippen LogP contribution in [-0.4, -0.2) is 0 Å². The third-order valence-electron chi connectivity index (χ3n) is 4.82. The molecule has 0 saturated carbocycles. The van der Waals surface area contributed by atoms with Gasteiger partial charge in [-0.1, -0.05) is 61.0 Å². The van der Waals surface area contributed by atoms with Gasteiger partial charge in [0.15, 0.2) is 0 Å². The quantitative estimate of drug-likeness (QED) is 0.805. The van der Waals surface area contributed by atoms with Crippen molar-refractivity contribution in [1.82, 2.24) is 5.32 Å². The Morgan fingerprint density at radius 1 is 0.952 bits per heavy atom. The van der Waals surface area contributed by atoms with Crippen molar-refractivity contribution in [3.05, 3.63) is 70.8 Å². The Labute approximate surface area is 128 Å². The molecule has 2 aromatic rings. The first-order chi connectivity index (χ1) is 10.1. The molecular weight excluding hydrogens is 254 g/mol. The van der Waals surface area contributed by atoms with E-state index in [9.17, 15) is 0 Å². The van der Waals surface area contributed by atoms with Gasteiger partial charge in [0, 0.05) is 12.1 Å². The highest BCUT2D eigenvalue weighted by atomic mass is 14.9. The molecule has 3 atom stereocenters. The topological polar surface area (TPSA) is 12.0 Å². The fraction of sp³-hybridized carbons (Fsp3) is 0.400. The van der Waals surface area contributed by atoms with Gasteiger partial charge in [0.2, 0.25) is 0 Å². The summed E-state index contributed by atoms with van der Waals surface area (Å²) in [4.78, 5) is 0. The molecule has 110 valence electrons. The second-order valence-corrected chi connectivity index (χ2v) is 6.46. The highest BCUT2D eigenvalue weighted by Crippen LogP contribution is 2.38. The van der Waals surface area contributed by atoms with Gasteiger partial charge in [0.05, 0.1) is 0 Å². The minimum Gasteiger partial charge on any atom is -0.303 e. The van der Waals surface area contributed by atoms with Crippen LogP contribution < -0.4 is 5.32 Å². The van der Waals surface area contributed by atoms with Gasteiger partial charge in [-0.15, -0.1) is 0 Å². The third kappa shape index (κ3) is 3.03. The molecule has 0 aliphatic heterocycles. The zero-order valence-corrected chi connectivity index (χ0v) is 13.3. The molecule has 1 aliphatic rings. The van der Waals surface area contributed by atoms with E-state index in [4.69, 9.17) is 0 Å². The number of hydrogen-bond donors (Lipinski definition) is 1. The molecule has 0 spiro atoms. The summed E-state index contributed by atoms with van der Waals surface area (Å²) in [7, 11) is 0. The predicted octanol–water partition coefficient (Wildman–Crippen LogP) is 5.28. The van der Waals surface area contributed by atoms with Gasteiger partial charge >= 0.3 is 0 Å². The van der Waals surface area contributed by atoms with Crippen molar-refractivity contribution in [2.45, 2.75) is 51.6 Å². The Morgan fingerprint density at radius 2 is 1.62 bits per heavy atom. The number of hydrogen-bond acceptors (Lipinski definition) is 1. The first kappa shape index (κ1) is 14.3. The molecule has 2 aromatic carbocycles. The summed E-state index contributed by atoms with van der Waals surface area (Å²) in [5, 5.41) is 3.83. The zero-order valence-electron chi connectivity index (χ0n) is 13.3. The Kier molecular flexibility index (Phi) is 4.12. The van der Waals surface area contributed by atoms with Crippen LogP contribution in [0.1, 0.15) is 66.9 Å². The highest BCUT2D eigenvalue weighted by Gasteiger charge is 2.25. The van der Waals surface area contributed by atoms with Crippen LogP contribution in [0.25, 0.3) is 0 Å². The fourth-order valence-electron chi connectivity index (χ4n) is 3.43. The molecule has 0 saturated heterocycles. The fourth-order valence-corrected chi connectivity index (χ4v) is 3.43. The molecule has 0 fully saturated rings. The van der Waals surface area contributed by atoms with Crippen LogP contribution in [0, 0.1) is 6.92 Å². The standard InChI is InChI=1S/C20H25N/c1-14-8-11-17(12-9-14)16(3)21-20-13-10-15(2)18-6-4-5-7-19(18)20/h4-9,11-12,15-16,20-21H,10,13H2,1-3H3/t15?,16-,20?/m0/s1. The van der Waals surface area contributed by atoms with E-state index in [1.54, 1.807) is 0 Å². The lowest BCUT2D eigenvalue weighted by Gasteiger charge is -2.32. The lowest BCUT2D eigenvalue weighted by atomic mass is 9.80. The van der Waals surface area contributed by atoms with Crippen LogP contribution >= 0.6 is 0 Å². The number of aryl methyl sites for hydroxylation is 1. The van der Waals surface area contributed by atoms with Crippen LogP contribution in [-0.2, 0) is 0 Å². The summed E-state index contributed by atoms with van der Waals surface area (Å²) in [6.45, 7) is 6.75. The maximum absolute atomic E-state index is 3.83. The van der Waals surface area contributed by atoms with Crippen LogP contribution in [0.3, 0.4) is 0 Å². The Hall–Kier alpha value is -1.60. The maximum atomic E-state index is 3.83. The van der Waals surface area contributed by atoms with E-state index in [1.807, 2.05) is 0 Å². The average Bonchev–Trinajstić information content (AvgIpc) is 2.51. The number of benzene rings is 2. The van der Waals surface area contributed by atoms with Crippen molar-refractivity contribution in [3.8, 4) is 0 Å². The lowest BCUT2D eigenvalue weighted by Crippen LogP contribution is -2.28. The van der Waals surface area contributed by atoms with Gasteiger partial charge < -0.3 is 5.32 Å². The van der Waals surface area contributed by atoms with Crippen molar-refractivity contribution < 1.29 is 0 Å². The third-order valence-corrected chi connectivity index (χ3v) is 4.82. The second kappa shape index (κ2) is 6.03. The molecule has 1 aliphatic carbocycles. The van der Waals surface area contributed by atoms with Crippen LogP contribution in [0.5, 0.6) is 0 Å². The molecule has 21 heavy (non-hydrogen) atoms. The Bertz CT molecular complexity index is 599. The lowest BCUT2D eigenvalue weighted by molar-refractivity contribution is 0.396. The van der Waals surface area contributed by atoms with Crippen molar-refractivity contribution in [2.24, 2.45) is 0 Å². The molecule has 2 unspecified atom stereocenters. The first-order valence-corrected chi connectivity index (χ1v) is 8.06. The van der Waals surface area contributed by atoms with Crippen molar-refractivity contribution in [3.63, 3.8) is 0 Å². The van der Waals surface area contributed by atoms with Gasteiger partial charge in [-0.25, -0.2) is 0 Å². The molecule has 0 heterocycles. The van der Waals surface area contributed by atoms with Gasteiger partial charge in [0.25, 0.3) is 0 Å². The number of fused-ring (bicyclic) bond motifs is 1. The monoisotopic (exact) mass is 279 g/mol. The molecule has 1 N–H and O–H groups in total. The van der Waals surface area contributed by atoms with Gasteiger partial charge in [-0.3, -0.25) is 0 Å². The molecule has 1 heteroatoms. The minimum atomic E-state index is 0.386. The zero-order chi connectivity index (χ0) is 14.8. The van der Waals surface area contributed by atoms with Crippen molar-refractivity contribution >= 4 is 0 Å². The van der Waals surface area contributed by atoms with E-state index in [0.717, 1.165) is 0 Å². The average molecular weight is 279 g/mol. The number of nitrogens with one attached hydrogen (secondary N) is 1. The summed E-state index contributed by atoms with van der Waals surface area (Å²) >= 11 is 0. The summed E-state index contributed by atoms with van der Waals surface area (Å²) in [6.07, 6.45) is 2.50. The van der Waals surface area contributed by atoms with Crippen LogP contribution in [0.4, 0.5) is 0 Å².